The molecule has 0 saturated carbocycles. The van der Waals surface area contributed by atoms with Gasteiger partial charge in [-0.3, -0.25) is 4.79 Å². The van der Waals surface area contributed by atoms with Crippen LogP contribution in [-0.2, 0) is 11.3 Å². The molecule has 0 aliphatic heterocycles. The molecule has 1 heterocycles. The summed E-state index contributed by atoms with van der Waals surface area (Å²) in [4.78, 5) is 22.4. The number of aromatic carboxylic acids is 1. The minimum Gasteiger partial charge on any atom is -0.478 e. The van der Waals surface area contributed by atoms with E-state index in [4.69, 9.17) is 33.0 Å². The smallest absolute Gasteiger partial charge is 0.338 e. The number of carboxylic acids is 1. The minimum atomic E-state index is -1.24. The lowest BCUT2D eigenvalue weighted by molar-refractivity contribution is 0.0695. The fourth-order valence-electron chi connectivity index (χ4n) is 1.11. The van der Waals surface area contributed by atoms with Gasteiger partial charge in [0.1, 0.15) is 5.02 Å². The topological polar surface area (TPSA) is 68.5 Å². The molecule has 0 fully saturated rings. The molecule has 0 unspecified atom stereocenters. The van der Waals surface area contributed by atoms with Gasteiger partial charge >= 0.3 is 5.97 Å². The van der Waals surface area contributed by atoms with E-state index < -0.39 is 11.5 Å². The monoisotopic (exact) mass is 265 g/mol. The molecule has 0 saturated heterocycles. The number of nitrogens with zero attached hydrogens (tertiary/aromatic N) is 1. The zero-order chi connectivity index (χ0) is 12.3. The van der Waals surface area contributed by atoms with Crippen molar-refractivity contribution in [3.8, 4) is 0 Å². The third-order valence-corrected chi connectivity index (χ3v) is 2.77. The lowest BCUT2D eigenvalue weighted by Gasteiger charge is -2.08. The lowest BCUT2D eigenvalue weighted by Crippen LogP contribution is -2.24. The third-order valence-electron chi connectivity index (χ3n) is 1.93. The summed E-state index contributed by atoms with van der Waals surface area (Å²) in [5.41, 5.74) is -0.740. The molecular formula is C9H9Cl2NO4. The van der Waals surface area contributed by atoms with Gasteiger partial charge in [-0.2, -0.15) is 0 Å². The maximum absolute atomic E-state index is 11.6. The molecule has 0 spiro atoms. The molecule has 0 atom stereocenters. The molecule has 0 aliphatic rings. The van der Waals surface area contributed by atoms with Gasteiger partial charge in [-0.1, -0.05) is 23.2 Å². The number of hydrogen-bond acceptors (Lipinski definition) is 3. The molecule has 0 radical (unpaired) electrons. The van der Waals surface area contributed by atoms with Gasteiger partial charge in [-0.25, -0.2) is 4.79 Å². The Balaban J connectivity index is 3.30. The Labute approximate surface area is 101 Å². The van der Waals surface area contributed by atoms with Crippen molar-refractivity contribution in [2.45, 2.75) is 6.54 Å². The highest BCUT2D eigenvalue weighted by Gasteiger charge is 2.16. The molecule has 16 heavy (non-hydrogen) atoms. The first kappa shape index (κ1) is 13.0. The molecule has 1 aromatic heterocycles. The highest BCUT2D eigenvalue weighted by atomic mass is 35.5. The SMILES string of the molecule is COCCn1cc(C(=O)O)c(Cl)c(Cl)c1=O. The minimum absolute atomic E-state index is 0.206. The maximum Gasteiger partial charge on any atom is 0.338 e. The summed E-state index contributed by atoms with van der Waals surface area (Å²) in [6.45, 7) is 0.490. The van der Waals surface area contributed by atoms with E-state index in [9.17, 15) is 9.59 Å². The van der Waals surface area contributed by atoms with E-state index in [1.54, 1.807) is 0 Å². The Morgan fingerprint density at radius 2 is 2.12 bits per heavy atom. The quantitative estimate of drug-likeness (QED) is 0.896. The normalized spacial score (nSPS) is 10.4. The summed E-state index contributed by atoms with van der Waals surface area (Å²) >= 11 is 11.3. The summed E-state index contributed by atoms with van der Waals surface area (Å²) in [5.74, 6) is -1.24. The van der Waals surface area contributed by atoms with Crippen LogP contribution in [0.5, 0.6) is 0 Å². The second-order valence-corrected chi connectivity index (χ2v) is 3.72. The van der Waals surface area contributed by atoms with Crippen LogP contribution in [0.3, 0.4) is 0 Å². The summed E-state index contributed by atoms with van der Waals surface area (Å²) in [5, 5.41) is 8.30. The van der Waals surface area contributed by atoms with Crippen LogP contribution in [0.1, 0.15) is 10.4 Å². The van der Waals surface area contributed by atoms with Gasteiger partial charge in [0.15, 0.2) is 0 Å². The van der Waals surface area contributed by atoms with E-state index in [1.807, 2.05) is 0 Å². The molecule has 88 valence electrons. The largest absolute Gasteiger partial charge is 0.478 e. The summed E-state index contributed by atoms with van der Waals surface area (Å²) in [6, 6.07) is 0. The number of aromatic nitrogens is 1. The molecule has 1 aromatic rings. The number of rotatable bonds is 4. The Bertz CT molecular complexity index is 469. The third kappa shape index (κ3) is 2.55. The van der Waals surface area contributed by atoms with Gasteiger partial charge in [0, 0.05) is 19.9 Å². The molecule has 0 aliphatic carbocycles. The number of halogens is 2. The molecule has 0 aromatic carbocycles. The number of methoxy groups -OCH3 is 1. The standard InChI is InChI=1S/C9H9Cl2NO4/c1-16-3-2-12-4-5(9(14)15)6(10)7(11)8(12)13/h4H,2-3H2,1H3,(H,14,15). The first-order valence-corrected chi connectivity index (χ1v) is 5.05. The van der Waals surface area contributed by atoms with Crippen LogP contribution in [-0.4, -0.2) is 29.4 Å². The van der Waals surface area contributed by atoms with Crippen LogP contribution in [0.2, 0.25) is 10.0 Å². The van der Waals surface area contributed by atoms with Gasteiger partial charge in [-0.15, -0.1) is 0 Å². The van der Waals surface area contributed by atoms with Crippen LogP contribution >= 0.6 is 23.2 Å². The van der Waals surface area contributed by atoms with Crippen LogP contribution in [0.25, 0.3) is 0 Å². The summed E-state index contributed by atoms with van der Waals surface area (Å²) < 4.78 is 5.94. The van der Waals surface area contributed by atoms with E-state index in [0.29, 0.717) is 0 Å². The van der Waals surface area contributed by atoms with Crippen molar-refractivity contribution in [1.29, 1.82) is 0 Å². The number of ether oxygens (including phenoxy) is 1. The van der Waals surface area contributed by atoms with Gasteiger partial charge in [0.05, 0.1) is 17.2 Å². The van der Waals surface area contributed by atoms with E-state index in [0.717, 1.165) is 10.8 Å². The predicted octanol–water partition coefficient (Wildman–Crippen LogP) is 1.50. The number of hydrogen-bond donors (Lipinski definition) is 1. The van der Waals surface area contributed by atoms with Gasteiger partial charge < -0.3 is 14.4 Å². The Hall–Kier alpha value is -1.04. The number of pyridine rings is 1. The second-order valence-electron chi connectivity index (χ2n) is 2.97. The molecule has 0 bridgehead atoms. The number of carbonyl (C=O) groups is 1. The van der Waals surface area contributed by atoms with Crippen LogP contribution in [0.15, 0.2) is 11.0 Å². The van der Waals surface area contributed by atoms with Gasteiger partial charge in [0.2, 0.25) is 0 Å². The highest BCUT2D eigenvalue weighted by Crippen LogP contribution is 2.22. The fraction of sp³-hybridized carbons (Fsp3) is 0.333. The zero-order valence-electron chi connectivity index (χ0n) is 8.37. The van der Waals surface area contributed by atoms with Crippen molar-refractivity contribution in [2.24, 2.45) is 0 Å². The molecular weight excluding hydrogens is 257 g/mol. The Morgan fingerprint density at radius 3 is 2.62 bits per heavy atom. The van der Waals surface area contributed by atoms with E-state index in [1.165, 1.54) is 7.11 Å². The Kier molecular flexibility index (Phi) is 4.35. The van der Waals surface area contributed by atoms with Crippen molar-refractivity contribution in [1.82, 2.24) is 4.57 Å². The average Bonchev–Trinajstić information content (AvgIpc) is 2.24. The maximum atomic E-state index is 11.6. The van der Waals surface area contributed by atoms with Crippen LogP contribution in [0.4, 0.5) is 0 Å². The highest BCUT2D eigenvalue weighted by molar-refractivity contribution is 6.43. The van der Waals surface area contributed by atoms with Gasteiger partial charge in [0.25, 0.3) is 5.56 Å². The first-order chi connectivity index (χ1) is 7.49. The lowest BCUT2D eigenvalue weighted by atomic mass is 10.3. The second kappa shape index (κ2) is 5.34. The van der Waals surface area contributed by atoms with E-state index in [-0.39, 0.29) is 28.8 Å². The predicted molar refractivity (Wildman–Crippen MR) is 59.6 cm³/mol. The zero-order valence-corrected chi connectivity index (χ0v) is 9.88. The van der Waals surface area contributed by atoms with Crippen molar-refractivity contribution >= 4 is 29.2 Å². The van der Waals surface area contributed by atoms with E-state index in [2.05, 4.69) is 0 Å². The summed E-state index contributed by atoms with van der Waals surface area (Å²) in [7, 11) is 1.47. The molecule has 5 nitrogen and oxygen atoms in total. The molecule has 7 heteroatoms. The first-order valence-electron chi connectivity index (χ1n) is 4.29. The summed E-state index contributed by atoms with van der Waals surface area (Å²) in [6.07, 6.45) is 1.15. The van der Waals surface area contributed by atoms with Crippen molar-refractivity contribution in [3.63, 3.8) is 0 Å². The average molecular weight is 266 g/mol. The van der Waals surface area contributed by atoms with E-state index >= 15 is 0 Å². The van der Waals surface area contributed by atoms with Crippen molar-refractivity contribution in [3.05, 3.63) is 32.2 Å². The molecule has 1 N–H and O–H groups in total. The molecule has 0 amide bonds. The number of carboxylic acid groups (broad SMARTS) is 1. The van der Waals surface area contributed by atoms with Crippen molar-refractivity contribution in [2.75, 3.05) is 13.7 Å². The fourth-order valence-corrected chi connectivity index (χ4v) is 1.53. The van der Waals surface area contributed by atoms with Crippen LogP contribution < -0.4 is 5.56 Å². The molecule has 1 rings (SSSR count). The van der Waals surface area contributed by atoms with Gasteiger partial charge in [-0.05, 0) is 0 Å². The Morgan fingerprint density at radius 1 is 1.50 bits per heavy atom. The van der Waals surface area contributed by atoms with Crippen molar-refractivity contribution < 1.29 is 14.6 Å². The van der Waals surface area contributed by atoms with Crippen LogP contribution in [0, 0.1) is 0 Å².